The molecule has 1 amide bonds. The molecule has 2 heterocycles. The molecule has 0 unspecified atom stereocenters. The van der Waals surface area contributed by atoms with Crippen LogP contribution in [-0.2, 0) is 27.4 Å². The largest absolute Gasteiger partial charge is 0.465 e. The average Bonchev–Trinajstić information content (AvgIpc) is 3.17. The molecule has 0 bridgehead atoms. The first kappa shape index (κ1) is 25.4. The summed E-state index contributed by atoms with van der Waals surface area (Å²) in [5.41, 5.74) is 2.14. The maximum absolute atomic E-state index is 12.7. The molecule has 1 aliphatic heterocycles. The lowest BCUT2D eigenvalue weighted by Crippen LogP contribution is -2.36. The van der Waals surface area contributed by atoms with E-state index < -0.39 is 24.9 Å². The fraction of sp³-hybridized carbons (Fsp3) is 0.476. The number of carbonyl (C=O) groups is 1. The molecule has 2 N–H and O–H groups in total. The molecule has 1 fully saturated rings. The third kappa shape index (κ3) is 6.21. The normalized spacial score (nSPS) is 18.0. The topological polar surface area (TPSA) is 106 Å². The summed E-state index contributed by atoms with van der Waals surface area (Å²) in [6, 6.07) is 4.61. The number of hydrogen-bond acceptors (Lipinski definition) is 7. The molecule has 0 radical (unpaired) electrons. The minimum atomic E-state index is -1.08. The summed E-state index contributed by atoms with van der Waals surface area (Å²) >= 11 is 12.4. The van der Waals surface area contributed by atoms with Crippen LogP contribution in [0.15, 0.2) is 18.2 Å². The maximum Gasteiger partial charge on any atom is 0.407 e. The summed E-state index contributed by atoms with van der Waals surface area (Å²) in [7, 11) is 3.06. The average molecular weight is 503 g/mol. The summed E-state index contributed by atoms with van der Waals surface area (Å²) in [6.45, 7) is -0.257. The number of hydrogen-bond donors (Lipinski definition) is 2. The number of nitrogens with zero attached hydrogens (tertiary/aromatic N) is 3. The van der Waals surface area contributed by atoms with Crippen molar-refractivity contribution in [1.82, 2.24) is 14.9 Å². The number of benzene rings is 1. The minimum Gasteiger partial charge on any atom is -0.465 e. The van der Waals surface area contributed by atoms with Gasteiger partial charge in [0.25, 0.3) is 0 Å². The van der Waals surface area contributed by atoms with Gasteiger partial charge < -0.3 is 29.5 Å². The standard InChI is InChI=1S/C21H25Cl2FN4O5/c1-31-10-16-19(13-4-3-12(22)7-14(13)23)25-17(11-32-2)20(27-16)26-15-8-28(21(29)30)9-18(15)33-6-5-24/h3-4,7,15,18H,5-6,8-11H2,1-2H3,(H,26,27)(H,29,30)/t15-,18+/m1/s1. The molecule has 1 aliphatic rings. The van der Waals surface area contributed by atoms with Gasteiger partial charge in [0.05, 0.1) is 54.9 Å². The summed E-state index contributed by atoms with van der Waals surface area (Å²) < 4.78 is 28.8. The Labute approximate surface area is 200 Å². The van der Waals surface area contributed by atoms with E-state index in [1.54, 1.807) is 18.2 Å². The van der Waals surface area contributed by atoms with E-state index in [-0.39, 0.29) is 32.9 Å². The molecule has 0 aliphatic carbocycles. The van der Waals surface area contributed by atoms with Crippen LogP contribution in [0, 0.1) is 0 Å². The lowest BCUT2D eigenvalue weighted by Gasteiger charge is -2.22. The van der Waals surface area contributed by atoms with Crippen molar-refractivity contribution in [1.29, 1.82) is 0 Å². The third-order valence-corrected chi connectivity index (χ3v) is 5.60. The van der Waals surface area contributed by atoms with Gasteiger partial charge in [0, 0.05) is 31.4 Å². The highest BCUT2D eigenvalue weighted by Crippen LogP contribution is 2.33. The van der Waals surface area contributed by atoms with Crippen LogP contribution in [0.3, 0.4) is 0 Å². The zero-order chi connectivity index (χ0) is 24.0. The first-order valence-corrected chi connectivity index (χ1v) is 10.9. The molecule has 2 atom stereocenters. The molecule has 1 aromatic heterocycles. The molecule has 12 heteroatoms. The van der Waals surface area contributed by atoms with Crippen molar-refractivity contribution in [3.8, 4) is 11.3 Å². The van der Waals surface area contributed by atoms with Gasteiger partial charge in [0.1, 0.15) is 12.4 Å². The molecular formula is C21H25Cl2FN4O5. The van der Waals surface area contributed by atoms with Gasteiger partial charge in [-0.2, -0.15) is 0 Å². The van der Waals surface area contributed by atoms with E-state index in [1.807, 2.05) is 0 Å². The van der Waals surface area contributed by atoms with Gasteiger partial charge in [-0.3, -0.25) is 0 Å². The Morgan fingerprint density at radius 1 is 1.21 bits per heavy atom. The second-order valence-corrected chi connectivity index (χ2v) is 8.18. The maximum atomic E-state index is 12.7. The molecule has 1 aromatic carbocycles. The van der Waals surface area contributed by atoms with Crippen LogP contribution in [0.4, 0.5) is 15.0 Å². The highest BCUT2D eigenvalue weighted by molar-refractivity contribution is 6.36. The third-order valence-electron chi connectivity index (χ3n) is 5.06. The van der Waals surface area contributed by atoms with Gasteiger partial charge in [0.15, 0.2) is 5.82 Å². The van der Waals surface area contributed by atoms with E-state index in [2.05, 4.69) is 5.32 Å². The monoisotopic (exact) mass is 502 g/mol. The SMILES string of the molecule is COCc1nc(-c2ccc(Cl)cc2Cl)c(COC)nc1N[C@@H]1CN(C(=O)O)C[C@@H]1OCCF. The quantitative estimate of drug-likeness (QED) is 0.504. The Morgan fingerprint density at radius 3 is 2.58 bits per heavy atom. The molecule has 0 spiro atoms. The Hall–Kier alpha value is -2.24. The van der Waals surface area contributed by atoms with Crippen molar-refractivity contribution >= 4 is 35.1 Å². The van der Waals surface area contributed by atoms with Gasteiger partial charge in [0.2, 0.25) is 0 Å². The van der Waals surface area contributed by atoms with Crippen molar-refractivity contribution in [3.63, 3.8) is 0 Å². The van der Waals surface area contributed by atoms with Crippen molar-refractivity contribution in [2.75, 3.05) is 45.9 Å². The van der Waals surface area contributed by atoms with Crippen LogP contribution in [0.25, 0.3) is 11.3 Å². The van der Waals surface area contributed by atoms with Gasteiger partial charge in [-0.15, -0.1) is 0 Å². The molecule has 2 aromatic rings. The van der Waals surface area contributed by atoms with E-state index in [1.165, 1.54) is 19.1 Å². The number of ether oxygens (including phenoxy) is 3. The number of anilines is 1. The number of likely N-dealkylation sites (tertiary alicyclic amines) is 1. The highest BCUT2D eigenvalue weighted by atomic mass is 35.5. The van der Waals surface area contributed by atoms with E-state index >= 15 is 0 Å². The molecule has 33 heavy (non-hydrogen) atoms. The van der Waals surface area contributed by atoms with Gasteiger partial charge in [-0.25, -0.2) is 19.2 Å². The van der Waals surface area contributed by atoms with Crippen LogP contribution in [0.2, 0.25) is 10.0 Å². The number of methoxy groups -OCH3 is 2. The van der Waals surface area contributed by atoms with Crippen molar-refractivity contribution in [2.45, 2.75) is 25.4 Å². The molecule has 3 rings (SSSR count). The predicted octanol–water partition coefficient (Wildman–Crippen LogP) is 3.87. The van der Waals surface area contributed by atoms with Crippen LogP contribution < -0.4 is 5.32 Å². The highest BCUT2D eigenvalue weighted by Gasteiger charge is 2.37. The van der Waals surface area contributed by atoms with Gasteiger partial charge in [-0.05, 0) is 18.2 Å². The number of nitrogens with one attached hydrogen (secondary N) is 1. The summed E-state index contributed by atoms with van der Waals surface area (Å²) in [5, 5.41) is 13.5. The first-order valence-electron chi connectivity index (χ1n) is 10.1. The molecule has 9 nitrogen and oxygen atoms in total. The number of alkyl halides is 1. The van der Waals surface area contributed by atoms with Crippen molar-refractivity contribution in [3.05, 3.63) is 39.6 Å². The molecule has 180 valence electrons. The molecule has 0 saturated carbocycles. The lowest BCUT2D eigenvalue weighted by atomic mass is 10.1. The Balaban J connectivity index is 2.00. The second-order valence-electron chi connectivity index (χ2n) is 7.34. The van der Waals surface area contributed by atoms with E-state index in [0.29, 0.717) is 38.5 Å². The van der Waals surface area contributed by atoms with E-state index in [9.17, 15) is 14.3 Å². The van der Waals surface area contributed by atoms with Crippen LogP contribution in [0.1, 0.15) is 11.4 Å². The Morgan fingerprint density at radius 2 is 1.94 bits per heavy atom. The predicted molar refractivity (Wildman–Crippen MR) is 122 cm³/mol. The van der Waals surface area contributed by atoms with Gasteiger partial charge >= 0.3 is 6.09 Å². The smallest absolute Gasteiger partial charge is 0.407 e. The van der Waals surface area contributed by atoms with Crippen LogP contribution >= 0.6 is 23.2 Å². The zero-order valence-corrected chi connectivity index (χ0v) is 19.7. The van der Waals surface area contributed by atoms with E-state index in [4.69, 9.17) is 47.4 Å². The van der Waals surface area contributed by atoms with Crippen LogP contribution in [0.5, 0.6) is 0 Å². The van der Waals surface area contributed by atoms with Crippen molar-refractivity contribution in [2.24, 2.45) is 0 Å². The van der Waals surface area contributed by atoms with E-state index in [0.717, 1.165) is 0 Å². The summed E-state index contributed by atoms with van der Waals surface area (Å²) in [6.07, 6.45) is -1.63. The number of amides is 1. The zero-order valence-electron chi connectivity index (χ0n) is 18.2. The number of aromatic nitrogens is 2. The Kier molecular flexibility index (Phi) is 9.04. The first-order chi connectivity index (χ1) is 15.9. The number of halogens is 3. The molecule has 1 saturated heterocycles. The second kappa shape index (κ2) is 11.8. The number of carboxylic acid groups (broad SMARTS) is 1. The molecular weight excluding hydrogens is 478 g/mol. The number of rotatable bonds is 10. The fourth-order valence-corrected chi connectivity index (χ4v) is 4.10. The lowest BCUT2D eigenvalue weighted by molar-refractivity contribution is 0.0452. The Bertz CT molecular complexity index is 984. The van der Waals surface area contributed by atoms with Crippen LogP contribution in [-0.4, -0.2) is 78.8 Å². The van der Waals surface area contributed by atoms with Gasteiger partial charge in [-0.1, -0.05) is 23.2 Å². The summed E-state index contributed by atoms with van der Waals surface area (Å²) in [4.78, 5) is 22.1. The van der Waals surface area contributed by atoms with Crippen molar-refractivity contribution < 1.29 is 28.5 Å². The fourth-order valence-electron chi connectivity index (χ4n) is 3.60. The summed E-state index contributed by atoms with van der Waals surface area (Å²) in [5.74, 6) is 0.392. The minimum absolute atomic E-state index is 0.115.